The molecule has 0 saturated heterocycles. The summed E-state index contributed by atoms with van der Waals surface area (Å²) in [7, 11) is -3.31. The number of anilines is 1. The highest BCUT2D eigenvalue weighted by atomic mass is 32.2. The van der Waals surface area contributed by atoms with Gasteiger partial charge in [0.25, 0.3) is 0 Å². The van der Waals surface area contributed by atoms with Gasteiger partial charge in [-0.05, 0) is 29.8 Å². The van der Waals surface area contributed by atoms with Crippen molar-refractivity contribution in [1.82, 2.24) is 0 Å². The van der Waals surface area contributed by atoms with E-state index in [1.807, 2.05) is 0 Å². The largest absolute Gasteiger partial charge is 0.396 e. The number of nitrogen functional groups attached to an aromatic ring is 1. The van der Waals surface area contributed by atoms with Gasteiger partial charge in [-0.2, -0.15) is 0 Å². The smallest absolute Gasteiger partial charge is 0.182 e. The monoisotopic (exact) mass is 283 g/mol. The molecule has 0 aliphatic carbocycles. The van der Waals surface area contributed by atoms with Crippen molar-refractivity contribution in [2.45, 2.75) is 4.90 Å². The van der Waals surface area contributed by atoms with E-state index in [1.54, 1.807) is 0 Å². The molecule has 0 heterocycles. The van der Waals surface area contributed by atoms with Crippen LogP contribution < -0.4 is 5.73 Å². The van der Waals surface area contributed by atoms with Crippen LogP contribution in [0.5, 0.6) is 0 Å². The summed E-state index contributed by atoms with van der Waals surface area (Å²) in [6.07, 6.45) is 1.07. The van der Waals surface area contributed by atoms with Gasteiger partial charge in [-0.1, -0.05) is 12.1 Å². The number of benzene rings is 2. The quantitative estimate of drug-likeness (QED) is 0.862. The Labute approximate surface area is 109 Å². The molecule has 0 spiro atoms. The molecule has 0 unspecified atom stereocenters. The predicted octanol–water partition coefficient (Wildman–Crippen LogP) is 2.62. The Morgan fingerprint density at radius 1 is 0.947 bits per heavy atom. The summed E-state index contributed by atoms with van der Waals surface area (Å²) >= 11 is 0. The molecule has 0 radical (unpaired) electrons. The molecule has 0 atom stereocenters. The van der Waals surface area contributed by atoms with E-state index in [-0.39, 0.29) is 16.1 Å². The lowest BCUT2D eigenvalue weighted by atomic mass is 10.0. The van der Waals surface area contributed by atoms with Crippen LogP contribution >= 0.6 is 0 Å². The van der Waals surface area contributed by atoms with E-state index in [4.69, 9.17) is 5.73 Å². The first kappa shape index (κ1) is 13.5. The summed E-state index contributed by atoms with van der Waals surface area (Å²) in [6, 6.07) is 8.15. The lowest BCUT2D eigenvalue weighted by Crippen LogP contribution is -1.98. The Hall–Kier alpha value is -1.95. The molecular weight excluding hydrogens is 272 g/mol. The van der Waals surface area contributed by atoms with Crippen molar-refractivity contribution in [1.29, 1.82) is 0 Å². The van der Waals surface area contributed by atoms with Gasteiger partial charge in [-0.25, -0.2) is 17.2 Å². The van der Waals surface area contributed by atoms with E-state index in [0.717, 1.165) is 6.26 Å². The highest BCUT2D eigenvalue weighted by molar-refractivity contribution is 7.90. The van der Waals surface area contributed by atoms with E-state index >= 15 is 0 Å². The van der Waals surface area contributed by atoms with Crippen LogP contribution in [0, 0.1) is 11.6 Å². The Balaban J connectivity index is 2.52. The Kier molecular flexibility index (Phi) is 3.28. The summed E-state index contributed by atoms with van der Waals surface area (Å²) in [5.74, 6) is -2.16. The fraction of sp³-hybridized carbons (Fsp3) is 0.0769. The number of halogens is 2. The predicted molar refractivity (Wildman–Crippen MR) is 69.3 cm³/mol. The summed E-state index contributed by atoms with van der Waals surface area (Å²) < 4.78 is 49.7. The first-order chi connectivity index (χ1) is 8.80. The van der Waals surface area contributed by atoms with Gasteiger partial charge in [-0.15, -0.1) is 0 Å². The van der Waals surface area contributed by atoms with Crippen LogP contribution in [-0.2, 0) is 9.84 Å². The second kappa shape index (κ2) is 4.62. The van der Waals surface area contributed by atoms with E-state index < -0.39 is 21.5 Å². The van der Waals surface area contributed by atoms with Crippen LogP contribution in [0.25, 0.3) is 11.1 Å². The third-order valence-electron chi connectivity index (χ3n) is 2.71. The highest BCUT2D eigenvalue weighted by Crippen LogP contribution is 2.28. The van der Waals surface area contributed by atoms with E-state index in [2.05, 4.69) is 0 Å². The third-order valence-corrected chi connectivity index (χ3v) is 3.83. The minimum absolute atomic E-state index is 0.0340. The molecule has 0 aromatic heterocycles. The fourth-order valence-electron chi connectivity index (χ4n) is 1.67. The molecule has 0 amide bonds. The van der Waals surface area contributed by atoms with Crippen molar-refractivity contribution in [3.63, 3.8) is 0 Å². The number of nitrogens with two attached hydrogens (primary N) is 1. The van der Waals surface area contributed by atoms with Gasteiger partial charge in [-0.3, -0.25) is 0 Å². The van der Waals surface area contributed by atoms with Crippen LogP contribution in [0.1, 0.15) is 0 Å². The van der Waals surface area contributed by atoms with Crippen molar-refractivity contribution in [3.8, 4) is 11.1 Å². The van der Waals surface area contributed by atoms with Gasteiger partial charge in [0.2, 0.25) is 0 Å². The van der Waals surface area contributed by atoms with Crippen molar-refractivity contribution >= 4 is 15.5 Å². The minimum Gasteiger partial charge on any atom is -0.396 e. The highest BCUT2D eigenvalue weighted by Gasteiger charge is 2.14. The molecule has 0 aliphatic rings. The third kappa shape index (κ3) is 2.58. The normalized spacial score (nSPS) is 11.5. The van der Waals surface area contributed by atoms with E-state index in [0.29, 0.717) is 5.56 Å². The molecule has 2 aromatic carbocycles. The lowest BCUT2D eigenvalue weighted by molar-refractivity contribution is 0.514. The standard InChI is InChI=1S/C13H11F2NO2S/c1-19(17,18)9-4-2-8(3-5-9)10-6-7-11(16)13(15)12(10)14/h2-7H,16H2,1H3. The maximum atomic E-state index is 13.7. The molecule has 2 rings (SSSR count). The molecule has 0 fully saturated rings. The summed E-state index contributed by atoms with van der Waals surface area (Å²) in [5, 5.41) is 0. The van der Waals surface area contributed by atoms with Crippen molar-refractivity contribution < 1.29 is 17.2 Å². The van der Waals surface area contributed by atoms with Gasteiger partial charge >= 0.3 is 0 Å². The van der Waals surface area contributed by atoms with Gasteiger partial charge in [0.05, 0.1) is 10.6 Å². The number of hydrogen-bond acceptors (Lipinski definition) is 3. The zero-order valence-electron chi connectivity index (χ0n) is 10.0. The molecule has 0 bridgehead atoms. The minimum atomic E-state index is -3.31. The molecule has 2 N–H and O–H groups in total. The van der Waals surface area contributed by atoms with E-state index in [9.17, 15) is 17.2 Å². The molecular formula is C13H11F2NO2S. The fourth-order valence-corrected chi connectivity index (χ4v) is 2.30. The van der Waals surface area contributed by atoms with Crippen molar-refractivity contribution in [2.75, 3.05) is 12.0 Å². The zero-order valence-corrected chi connectivity index (χ0v) is 10.8. The maximum absolute atomic E-state index is 13.7. The maximum Gasteiger partial charge on any atom is 0.182 e. The number of hydrogen-bond donors (Lipinski definition) is 1. The van der Waals surface area contributed by atoms with Gasteiger partial charge in [0.1, 0.15) is 0 Å². The second-order valence-corrected chi connectivity index (χ2v) is 6.14. The molecule has 0 saturated carbocycles. The second-order valence-electron chi connectivity index (χ2n) is 4.13. The van der Waals surface area contributed by atoms with Gasteiger partial charge in [0, 0.05) is 11.8 Å². The summed E-state index contributed by atoms with van der Waals surface area (Å²) in [6.45, 7) is 0. The number of sulfone groups is 1. The molecule has 2 aromatic rings. The van der Waals surface area contributed by atoms with Crippen LogP contribution in [0.3, 0.4) is 0 Å². The first-order valence-corrected chi connectivity index (χ1v) is 7.24. The average molecular weight is 283 g/mol. The molecule has 0 aliphatic heterocycles. The Morgan fingerprint density at radius 3 is 2.05 bits per heavy atom. The van der Waals surface area contributed by atoms with Crippen LogP contribution in [0.15, 0.2) is 41.3 Å². The van der Waals surface area contributed by atoms with Crippen molar-refractivity contribution in [3.05, 3.63) is 48.0 Å². The lowest BCUT2D eigenvalue weighted by Gasteiger charge is -2.07. The molecule has 3 nitrogen and oxygen atoms in total. The first-order valence-electron chi connectivity index (χ1n) is 5.34. The number of rotatable bonds is 2. The average Bonchev–Trinajstić information content (AvgIpc) is 2.35. The molecule has 19 heavy (non-hydrogen) atoms. The Bertz CT molecular complexity index is 725. The SMILES string of the molecule is CS(=O)(=O)c1ccc(-c2ccc(N)c(F)c2F)cc1. The summed E-state index contributed by atoms with van der Waals surface area (Å²) in [5.41, 5.74) is 5.40. The van der Waals surface area contributed by atoms with E-state index in [1.165, 1.54) is 36.4 Å². The Morgan fingerprint density at radius 2 is 1.53 bits per heavy atom. The van der Waals surface area contributed by atoms with Crippen LogP contribution in [0.2, 0.25) is 0 Å². The summed E-state index contributed by atoms with van der Waals surface area (Å²) in [4.78, 5) is 0.118. The molecule has 6 heteroatoms. The van der Waals surface area contributed by atoms with Gasteiger partial charge in [0.15, 0.2) is 21.5 Å². The topological polar surface area (TPSA) is 60.2 Å². The zero-order chi connectivity index (χ0) is 14.2. The van der Waals surface area contributed by atoms with Crippen molar-refractivity contribution in [2.24, 2.45) is 0 Å². The van der Waals surface area contributed by atoms with Crippen LogP contribution in [0.4, 0.5) is 14.5 Å². The molecule has 100 valence electrons. The van der Waals surface area contributed by atoms with Crippen LogP contribution in [-0.4, -0.2) is 14.7 Å². The van der Waals surface area contributed by atoms with Gasteiger partial charge < -0.3 is 5.73 Å².